The minimum Gasteiger partial charge on any atom is -0.337 e. The van der Waals surface area contributed by atoms with E-state index in [1.807, 2.05) is 0 Å². The molecule has 1 N–H and O–H groups in total. The van der Waals surface area contributed by atoms with Crippen molar-refractivity contribution in [2.75, 3.05) is 6.26 Å². The van der Waals surface area contributed by atoms with E-state index in [0.717, 1.165) is 6.26 Å². The molecule has 0 unspecified atom stereocenters. The maximum atomic E-state index is 14.5. The molecule has 2 aromatic carbocycles. The van der Waals surface area contributed by atoms with Crippen molar-refractivity contribution in [3.63, 3.8) is 0 Å². The Labute approximate surface area is 146 Å². The molecule has 9 heteroatoms. The number of aromatic amines is 1. The summed E-state index contributed by atoms with van der Waals surface area (Å²) in [4.78, 5) is 5.29. The third-order valence-corrected chi connectivity index (χ3v) is 4.78. The molecule has 0 aliphatic carbocycles. The van der Waals surface area contributed by atoms with Crippen molar-refractivity contribution >= 4 is 9.84 Å². The number of sulfone groups is 1. The molecule has 136 valence electrons. The number of imidazole rings is 1. The first-order valence-corrected chi connectivity index (χ1v) is 9.20. The molecule has 4 nitrogen and oxygen atoms in total. The standard InChI is InChI=1S/C17H12F4N2O2S/c1-26(24,25)13-8-11(18)10(7-12(13)19)15-14(9-5-3-2-4-6-9)22-17(23-15)16(20)21/h2-8,16H,1H3,(H,22,23). The van der Waals surface area contributed by atoms with Gasteiger partial charge in [-0.05, 0) is 12.1 Å². The van der Waals surface area contributed by atoms with E-state index in [4.69, 9.17) is 0 Å². The van der Waals surface area contributed by atoms with Gasteiger partial charge in [0.2, 0.25) is 0 Å². The molecule has 0 aliphatic heterocycles. The van der Waals surface area contributed by atoms with Crippen molar-refractivity contribution in [1.82, 2.24) is 9.97 Å². The van der Waals surface area contributed by atoms with E-state index in [1.165, 1.54) is 0 Å². The molecule has 0 radical (unpaired) electrons. The van der Waals surface area contributed by atoms with E-state index in [1.54, 1.807) is 30.3 Å². The summed E-state index contributed by atoms with van der Waals surface area (Å²) in [6.45, 7) is 0. The van der Waals surface area contributed by atoms with Crippen LogP contribution in [0.4, 0.5) is 17.6 Å². The quantitative estimate of drug-likeness (QED) is 0.680. The first-order chi connectivity index (χ1) is 12.2. The Kier molecular flexibility index (Phi) is 4.57. The number of hydrogen-bond donors (Lipinski definition) is 1. The number of benzene rings is 2. The summed E-state index contributed by atoms with van der Waals surface area (Å²) in [5, 5.41) is 0. The Bertz CT molecular complexity index is 1060. The predicted molar refractivity (Wildman–Crippen MR) is 87.4 cm³/mol. The average Bonchev–Trinajstić information content (AvgIpc) is 3.02. The summed E-state index contributed by atoms with van der Waals surface area (Å²) in [5.41, 5.74) is -0.139. The molecule has 0 spiro atoms. The van der Waals surface area contributed by atoms with Crippen LogP contribution in [0.1, 0.15) is 12.2 Å². The van der Waals surface area contributed by atoms with Gasteiger partial charge in [-0.15, -0.1) is 0 Å². The Morgan fingerprint density at radius 3 is 2.27 bits per heavy atom. The average molecular weight is 384 g/mol. The minimum atomic E-state index is -3.99. The highest BCUT2D eigenvalue weighted by atomic mass is 32.2. The summed E-state index contributed by atoms with van der Waals surface area (Å²) in [7, 11) is -3.99. The van der Waals surface area contributed by atoms with E-state index < -0.39 is 44.2 Å². The molecule has 0 saturated carbocycles. The number of alkyl halides is 2. The molecule has 0 saturated heterocycles. The molecule has 0 amide bonds. The Hall–Kier alpha value is -2.68. The molecule has 0 fully saturated rings. The van der Waals surface area contributed by atoms with Gasteiger partial charge in [-0.1, -0.05) is 30.3 Å². The molecular weight excluding hydrogens is 372 g/mol. The normalized spacial score (nSPS) is 11.9. The summed E-state index contributed by atoms with van der Waals surface area (Å²) in [5.74, 6) is -2.98. The van der Waals surface area contributed by atoms with Gasteiger partial charge in [0.25, 0.3) is 6.43 Å². The molecule has 1 heterocycles. The van der Waals surface area contributed by atoms with Gasteiger partial charge in [0.15, 0.2) is 15.7 Å². The Balaban J connectivity index is 2.26. The van der Waals surface area contributed by atoms with Crippen molar-refractivity contribution in [2.24, 2.45) is 0 Å². The van der Waals surface area contributed by atoms with E-state index in [0.29, 0.717) is 17.7 Å². The highest BCUT2D eigenvalue weighted by Crippen LogP contribution is 2.35. The Morgan fingerprint density at radius 2 is 1.69 bits per heavy atom. The lowest BCUT2D eigenvalue weighted by Crippen LogP contribution is -2.03. The van der Waals surface area contributed by atoms with Gasteiger partial charge in [-0.2, -0.15) is 0 Å². The minimum absolute atomic E-state index is 0.0753. The zero-order chi connectivity index (χ0) is 19.1. The summed E-state index contributed by atoms with van der Waals surface area (Å²) in [6, 6.07) is 9.33. The van der Waals surface area contributed by atoms with Crippen LogP contribution in [0.15, 0.2) is 47.4 Å². The fraction of sp³-hybridized carbons (Fsp3) is 0.118. The van der Waals surface area contributed by atoms with E-state index in [9.17, 15) is 26.0 Å². The second kappa shape index (κ2) is 6.56. The van der Waals surface area contributed by atoms with Crippen LogP contribution >= 0.6 is 0 Å². The van der Waals surface area contributed by atoms with Crippen molar-refractivity contribution in [1.29, 1.82) is 0 Å². The van der Waals surface area contributed by atoms with Crippen molar-refractivity contribution < 1.29 is 26.0 Å². The van der Waals surface area contributed by atoms with Crippen LogP contribution < -0.4 is 0 Å². The number of nitrogens with zero attached hydrogens (tertiary/aromatic N) is 1. The van der Waals surface area contributed by atoms with Crippen molar-refractivity contribution in [3.8, 4) is 22.5 Å². The largest absolute Gasteiger partial charge is 0.337 e. The van der Waals surface area contributed by atoms with Crippen LogP contribution in [0.25, 0.3) is 22.5 Å². The van der Waals surface area contributed by atoms with Gasteiger partial charge in [0.05, 0.1) is 11.4 Å². The van der Waals surface area contributed by atoms with E-state index >= 15 is 0 Å². The maximum absolute atomic E-state index is 14.5. The van der Waals surface area contributed by atoms with Gasteiger partial charge < -0.3 is 4.98 Å². The van der Waals surface area contributed by atoms with Crippen LogP contribution in [0.5, 0.6) is 0 Å². The molecule has 26 heavy (non-hydrogen) atoms. The second-order valence-corrected chi connectivity index (χ2v) is 7.53. The molecule has 0 aliphatic rings. The number of aromatic nitrogens is 2. The zero-order valence-corrected chi connectivity index (χ0v) is 14.1. The third kappa shape index (κ3) is 3.34. The number of H-pyrrole nitrogens is 1. The van der Waals surface area contributed by atoms with Crippen LogP contribution in [0, 0.1) is 11.6 Å². The molecule has 0 bridgehead atoms. The summed E-state index contributed by atoms with van der Waals surface area (Å²) < 4.78 is 77.8. The number of hydrogen-bond acceptors (Lipinski definition) is 3. The predicted octanol–water partition coefficient (Wildman–Crippen LogP) is 4.36. The van der Waals surface area contributed by atoms with Crippen LogP contribution in [0.3, 0.4) is 0 Å². The molecule has 1 aromatic heterocycles. The fourth-order valence-corrected chi connectivity index (χ4v) is 3.23. The lowest BCUT2D eigenvalue weighted by atomic mass is 10.0. The highest BCUT2D eigenvalue weighted by molar-refractivity contribution is 7.90. The molecule has 3 rings (SSSR count). The van der Waals surface area contributed by atoms with Crippen LogP contribution in [-0.4, -0.2) is 24.6 Å². The van der Waals surface area contributed by atoms with Gasteiger partial charge in [-0.25, -0.2) is 31.0 Å². The maximum Gasteiger partial charge on any atom is 0.295 e. The molecule has 0 atom stereocenters. The van der Waals surface area contributed by atoms with Crippen molar-refractivity contribution in [2.45, 2.75) is 11.3 Å². The van der Waals surface area contributed by atoms with Crippen molar-refractivity contribution in [3.05, 3.63) is 59.9 Å². The number of halogens is 4. The smallest absolute Gasteiger partial charge is 0.295 e. The van der Waals surface area contributed by atoms with Gasteiger partial charge >= 0.3 is 0 Å². The van der Waals surface area contributed by atoms with Gasteiger partial charge in [-0.3, -0.25) is 0 Å². The van der Waals surface area contributed by atoms with Gasteiger partial charge in [0, 0.05) is 17.4 Å². The highest BCUT2D eigenvalue weighted by Gasteiger charge is 2.24. The third-order valence-electron chi connectivity index (χ3n) is 3.67. The zero-order valence-electron chi connectivity index (χ0n) is 13.3. The molecule has 3 aromatic rings. The number of rotatable bonds is 4. The number of nitrogens with one attached hydrogen (secondary N) is 1. The van der Waals surface area contributed by atoms with Crippen LogP contribution in [-0.2, 0) is 9.84 Å². The lowest BCUT2D eigenvalue weighted by molar-refractivity contribution is 0.141. The topological polar surface area (TPSA) is 62.8 Å². The summed E-state index contributed by atoms with van der Waals surface area (Å²) in [6.07, 6.45) is -2.21. The monoisotopic (exact) mass is 384 g/mol. The van der Waals surface area contributed by atoms with Crippen LogP contribution in [0.2, 0.25) is 0 Å². The summed E-state index contributed by atoms with van der Waals surface area (Å²) >= 11 is 0. The van der Waals surface area contributed by atoms with Gasteiger partial charge in [0.1, 0.15) is 16.5 Å². The first-order valence-electron chi connectivity index (χ1n) is 7.31. The SMILES string of the molecule is CS(=O)(=O)c1cc(F)c(-c2nc(C(F)F)[nH]c2-c2ccccc2)cc1F. The fourth-order valence-electron chi connectivity index (χ4n) is 2.50. The van der Waals surface area contributed by atoms with E-state index in [-0.39, 0.29) is 11.4 Å². The second-order valence-electron chi connectivity index (χ2n) is 5.55. The Morgan fingerprint density at radius 1 is 1.04 bits per heavy atom. The van der Waals surface area contributed by atoms with E-state index in [2.05, 4.69) is 9.97 Å². The first kappa shape index (κ1) is 18.1. The molecular formula is C17H12F4N2O2S. The lowest BCUT2D eigenvalue weighted by Gasteiger charge is -2.07.